The smallest absolute Gasteiger partial charge is 0.331 e. The molecule has 118 valence electrons. The molecule has 0 fully saturated rings. The zero-order chi connectivity index (χ0) is 16.2. The fourth-order valence-corrected chi connectivity index (χ4v) is 1.82. The summed E-state index contributed by atoms with van der Waals surface area (Å²) >= 11 is 0. The Balaban J connectivity index is 1.83. The van der Waals surface area contributed by atoms with Crippen LogP contribution < -0.4 is 14.8 Å². The van der Waals surface area contributed by atoms with E-state index in [0.29, 0.717) is 11.5 Å². The Bertz CT molecular complexity index is 601. The summed E-state index contributed by atoms with van der Waals surface area (Å²) in [5, 5.41) is 2.71. The summed E-state index contributed by atoms with van der Waals surface area (Å²) in [7, 11) is 0. The molecule has 0 saturated heterocycles. The molecule has 1 N–H and O–H groups in total. The fourth-order valence-electron chi connectivity index (χ4n) is 1.82. The van der Waals surface area contributed by atoms with Crippen molar-refractivity contribution in [2.75, 3.05) is 13.4 Å². The molecule has 6 heteroatoms. The van der Waals surface area contributed by atoms with Gasteiger partial charge in [-0.25, -0.2) is 4.79 Å². The Morgan fingerprint density at radius 2 is 2.00 bits per heavy atom. The SMILES string of the molecule is CC(C)(C)NC(=O)COC(=O)C=Cc1ccc2c(c1)OCO2. The number of hydrogen-bond donors (Lipinski definition) is 1. The number of carbonyl (C=O) groups excluding carboxylic acids is 2. The van der Waals surface area contributed by atoms with Crippen LogP contribution in [0.25, 0.3) is 6.08 Å². The van der Waals surface area contributed by atoms with Gasteiger partial charge in [0.2, 0.25) is 6.79 Å². The Morgan fingerprint density at radius 1 is 1.27 bits per heavy atom. The van der Waals surface area contributed by atoms with E-state index in [1.807, 2.05) is 20.8 Å². The Morgan fingerprint density at radius 3 is 2.73 bits per heavy atom. The van der Waals surface area contributed by atoms with Gasteiger partial charge in [0.25, 0.3) is 5.91 Å². The molecular formula is C16H19NO5. The first-order valence-electron chi connectivity index (χ1n) is 6.89. The molecule has 0 spiro atoms. The lowest BCUT2D eigenvalue weighted by molar-refractivity contribution is -0.144. The lowest BCUT2D eigenvalue weighted by Gasteiger charge is -2.20. The van der Waals surface area contributed by atoms with Gasteiger partial charge in [-0.05, 0) is 44.5 Å². The lowest BCUT2D eigenvalue weighted by Crippen LogP contribution is -2.42. The van der Waals surface area contributed by atoms with Gasteiger partial charge in [0.1, 0.15) is 0 Å². The van der Waals surface area contributed by atoms with Crippen LogP contribution in [-0.4, -0.2) is 30.8 Å². The van der Waals surface area contributed by atoms with Crippen molar-refractivity contribution in [2.45, 2.75) is 26.3 Å². The summed E-state index contributed by atoms with van der Waals surface area (Å²) in [5.41, 5.74) is 0.423. The molecule has 0 bridgehead atoms. The van der Waals surface area contributed by atoms with Crippen LogP contribution in [0, 0.1) is 0 Å². The van der Waals surface area contributed by atoms with Crippen LogP contribution in [-0.2, 0) is 14.3 Å². The lowest BCUT2D eigenvalue weighted by atomic mass is 10.1. The summed E-state index contributed by atoms with van der Waals surface area (Å²) < 4.78 is 15.3. The van der Waals surface area contributed by atoms with E-state index < -0.39 is 5.97 Å². The molecule has 1 amide bonds. The van der Waals surface area contributed by atoms with E-state index in [2.05, 4.69) is 5.32 Å². The summed E-state index contributed by atoms with van der Waals surface area (Å²) in [5.74, 6) is 0.401. The predicted octanol–water partition coefficient (Wildman–Crippen LogP) is 1.89. The predicted molar refractivity (Wildman–Crippen MR) is 80.5 cm³/mol. The van der Waals surface area contributed by atoms with Crippen LogP contribution in [0.3, 0.4) is 0 Å². The van der Waals surface area contributed by atoms with Gasteiger partial charge in [-0.15, -0.1) is 0 Å². The summed E-state index contributed by atoms with van der Waals surface area (Å²) in [6, 6.07) is 5.33. The number of carbonyl (C=O) groups is 2. The average Bonchev–Trinajstić information content (AvgIpc) is 2.88. The number of benzene rings is 1. The highest BCUT2D eigenvalue weighted by Crippen LogP contribution is 2.32. The zero-order valence-electron chi connectivity index (χ0n) is 12.8. The monoisotopic (exact) mass is 305 g/mol. The zero-order valence-corrected chi connectivity index (χ0v) is 12.8. The normalized spacial score (nSPS) is 13.2. The van der Waals surface area contributed by atoms with Crippen molar-refractivity contribution < 1.29 is 23.8 Å². The van der Waals surface area contributed by atoms with Crippen LogP contribution >= 0.6 is 0 Å². The molecule has 0 atom stereocenters. The molecule has 0 aliphatic carbocycles. The van der Waals surface area contributed by atoms with Gasteiger partial charge in [0.05, 0.1) is 0 Å². The van der Waals surface area contributed by atoms with E-state index in [1.54, 1.807) is 24.3 Å². The molecule has 0 saturated carbocycles. The highest BCUT2D eigenvalue weighted by molar-refractivity contribution is 5.89. The molecule has 22 heavy (non-hydrogen) atoms. The minimum atomic E-state index is -0.582. The quantitative estimate of drug-likeness (QED) is 0.679. The Kier molecular flexibility index (Phi) is 4.70. The van der Waals surface area contributed by atoms with Crippen molar-refractivity contribution in [1.82, 2.24) is 5.32 Å². The molecule has 6 nitrogen and oxygen atoms in total. The van der Waals surface area contributed by atoms with Gasteiger partial charge in [-0.2, -0.15) is 0 Å². The van der Waals surface area contributed by atoms with E-state index >= 15 is 0 Å². The van der Waals surface area contributed by atoms with Crippen LogP contribution in [0.4, 0.5) is 0 Å². The molecule has 1 aromatic rings. The average molecular weight is 305 g/mol. The highest BCUT2D eigenvalue weighted by atomic mass is 16.7. The molecule has 0 unspecified atom stereocenters. The molecule has 1 aliphatic rings. The van der Waals surface area contributed by atoms with E-state index in [1.165, 1.54) is 6.08 Å². The minimum absolute atomic E-state index is 0.202. The number of esters is 1. The van der Waals surface area contributed by atoms with Gasteiger partial charge in [-0.3, -0.25) is 4.79 Å². The van der Waals surface area contributed by atoms with Gasteiger partial charge < -0.3 is 19.5 Å². The van der Waals surface area contributed by atoms with Crippen molar-refractivity contribution >= 4 is 18.0 Å². The van der Waals surface area contributed by atoms with Crippen molar-refractivity contribution in [1.29, 1.82) is 0 Å². The maximum absolute atomic E-state index is 11.6. The maximum atomic E-state index is 11.6. The van der Waals surface area contributed by atoms with E-state index in [0.717, 1.165) is 5.56 Å². The van der Waals surface area contributed by atoms with Gasteiger partial charge >= 0.3 is 5.97 Å². The van der Waals surface area contributed by atoms with Gasteiger partial charge in [0.15, 0.2) is 18.1 Å². The molecule has 0 radical (unpaired) electrons. The van der Waals surface area contributed by atoms with Crippen LogP contribution in [0.1, 0.15) is 26.3 Å². The minimum Gasteiger partial charge on any atom is -0.454 e. The summed E-state index contributed by atoms with van der Waals surface area (Å²) in [6.07, 6.45) is 2.86. The van der Waals surface area contributed by atoms with Crippen LogP contribution in [0.5, 0.6) is 11.5 Å². The van der Waals surface area contributed by atoms with Crippen molar-refractivity contribution in [3.8, 4) is 11.5 Å². The second-order valence-electron chi connectivity index (χ2n) is 5.85. The third-order valence-corrected chi connectivity index (χ3v) is 2.67. The third-order valence-electron chi connectivity index (χ3n) is 2.67. The van der Waals surface area contributed by atoms with Crippen molar-refractivity contribution in [3.05, 3.63) is 29.8 Å². The van der Waals surface area contributed by atoms with Crippen LogP contribution in [0.15, 0.2) is 24.3 Å². The topological polar surface area (TPSA) is 73.9 Å². The molecule has 0 aromatic heterocycles. The molecule has 1 aliphatic heterocycles. The second kappa shape index (κ2) is 6.51. The van der Waals surface area contributed by atoms with Crippen molar-refractivity contribution in [2.24, 2.45) is 0 Å². The fraction of sp³-hybridized carbons (Fsp3) is 0.375. The largest absolute Gasteiger partial charge is 0.454 e. The first-order valence-corrected chi connectivity index (χ1v) is 6.89. The molecule has 1 aromatic carbocycles. The third kappa shape index (κ3) is 4.80. The number of rotatable bonds is 4. The maximum Gasteiger partial charge on any atom is 0.331 e. The summed E-state index contributed by atoms with van der Waals surface area (Å²) in [4.78, 5) is 23.1. The van der Waals surface area contributed by atoms with Gasteiger partial charge in [-0.1, -0.05) is 6.07 Å². The summed E-state index contributed by atoms with van der Waals surface area (Å²) in [6.45, 7) is 5.46. The molecule has 2 rings (SSSR count). The van der Waals surface area contributed by atoms with E-state index in [4.69, 9.17) is 14.2 Å². The Hall–Kier alpha value is -2.50. The number of hydrogen-bond acceptors (Lipinski definition) is 5. The van der Waals surface area contributed by atoms with E-state index in [-0.39, 0.29) is 24.8 Å². The standard InChI is InChI=1S/C16H19NO5/c1-16(2,3)17-14(18)9-20-15(19)7-5-11-4-6-12-13(8-11)22-10-21-12/h4-8H,9-10H2,1-3H3,(H,17,18). The first kappa shape index (κ1) is 15.9. The number of ether oxygens (including phenoxy) is 3. The first-order chi connectivity index (χ1) is 10.3. The van der Waals surface area contributed by atoms with E-state index in [9.17, 15) is 9.59 Å². The highest BCUT2D eigenvalue weighted by Gasteiger charge is 2.15. The number of amides is 1. The number of fused-ring (bicyclic) bond motifs is 1. The van der Waals surface area contributed by atoms with Gasteiger partial charge in [0, 0.05) is 11.6 Å². The second-order valence-corrected chi connectivity index (χ2v) is 5.85. The number of nitrogens with one attached hydrogen (secondary N) is 1. The Labute approximate surface area is 129 Å². The van der Waals surface area contributed by atoms with Crippen LogP contribution in [0.2, 0.25) is 0 Å². The molecule has 1 heterocycles. The molecular weight excluding hydrogens is 286 g/mol. The van der Waals surface area contributed by atoms with Crippen molar-refractivity contribution in [3.63, 3.8) is 0 Å².